The molecule has 3 rings (SSSR count). The van der Waals surface area contributed by atoms with Gasteiger partial charge in [-0.1, -0.05) is 30.3 Å². The van der Waals surface area contributed by atoms with Crippen LogP contribution in [0.1, 0.15) is 35.2 Å². The third kappa shape index (κ3) is 6.07. The molecule has 1 aliphatic rings. The van der Waals surface area contributed by atoms with E-state index in [1.807, 2.05) is 24.3 Å². The summed E-state index contributed by atoms with van der Waals surface area (Å²) in [5, 5.41) is 5.53. The molecule has 1 aliphatic carbocycles. The van der Waals surface area contributed by atoms with Crippen molar-refractivity contribution in [1.29, 1.82) is 0 Å². The van der Waals surface area contributed by atoms with Gasteiger partial charge >= 0.3 is 5.97 Å². The lowest BCUT2D eigenvalue weighted by molar-refractivity contribution is -0.147. The Labute approximate surface area is 169 Å². The smallest absolute Gasteiger partial charge is 0.306 e. The Hall–Kier alpha value is -3.35. The molecular weight excluding hydrogens is 372 g/mol. The molecule has 0 saturated heterocycles. The molecule has 7 heteroatoms. The molecule has 0 atom stereocenters. The van der Waals surface area contributed by atoms with Crippen LogP contribution >= 0.6 is 0 Å². The minimum Gasteiger partial charge on any atom is -0.496 e. The van der Waals surface area contributed by atoms with Gasteiger partial charge in [0, 0.05) is 12.5 Å². The van der Waals surface area contributed by atoms with E-state index >= 15 is 0 Å². The van der Waals surface area contributed by atoms with Crippen molar-refractivity contribution >= 4 is 23.5 Å². The van der Waals surface area contributed by atoms with E-state index in [0.717, 1.165) is 18.4 Å². The zero-order valence-electron chi connectivity index (χ0n) is 16.3. The number of nitrogens with one attached hydrogen (secondary N) is 2. The highest BCUT2D eigenvalue weighted by atomic mass is 16.5. The molecule has 0 aromatic heterocycles. The molecule has 2 amide bonds. The number of para-hydroxylation sites is 2. The Morgan fingerprint density at radius 3 is 2.52 bits per heavy atom. The zero-order chi connectivity index (χ0) is 20.6. The molecule has 0 aliphatic heterocycles. The first-order valence-electron chi connectivity index (χ1n) is 9.54. The first-order valence-corrected chi connectivity index (χ1v) is 9.54. The fourth-order valence-electron chi connectivity index (χ4n) is 2.83. The molecule has 0 radical (unpaired) electrons. The van der Waals surface area contributed by atoms with E-state index in [4.69, 9.17) is 9.47 Å². The molecule has 2 N–H and O–H groups in total. The van der Waals surface area contributed by atoms with Crippen LogP contribution in [-0.4, -0.2) is 37.5 Å². The Morgan fingerprint density at radius 2 is 1.76 bits per heavy atom. The highest BCUT2D eigenvalue weighted by Crippen LogP contribution is 2.22. The summed E-state index contributed by atoms with van der Waals surface area (Å²) in [4.78, 5) is 36.4. The first kappa shape index (κ1) is 20.4. The van der Waals surface area contributed by atoms with Gasteiger partial charge in [-0.3, -0.25) is 14.4 Å². The first-order chi connectivity index (χ1) is 14.1. The second kappa shape index (κ2) is 9.73. The number of aryl methyl sites for hydroxylation is 1. The fraction of sp³-hybridized carbons (Fsp3) is 0.318. The van der Waals surface area contributed by atoms with E-state index in [2.05, 4.69) is 10.6 Å². The molecule has 152 valence electrons. The number of rotatable bonds is 9. The van der Waals surface area contributed by atoms with E-state index in [1.54, 1.807) is 31.4 Å². The van der Waals surface area contributed by atoms with Crippen molar-refractivity contribution in [2.24, 2.45) is 0 Å². The standard InChI is InChI=1S/C22H24N2O5/c1-28-19-9-5-2-6-15(19)10-13-21(26)29-14-20(25)24-18-8-4-3-7-17(18)22(27)23-16-11-12-16/h2-9,16H,10-14H2,1H3,(H,23,27)(H,24,25). The average Bonchev–Trinajstić information content (AvgIpc) is 3.55. The van der Waals surface area contributed by atoms with Crippen LogP contribution in [-0.2, 0) is 20.7 Å². The monoisotopic (exact) mass is 396 g/mol. The third-order valence-electron chi connectivity index (χ3n) is 4.51. The van der Waals surface area contributed by atoms with E-state index in [1.165, 1.54) is 0 Å². The predicted molar refractivity (Wildman–Crippen MR) is 108 cm³/mol. The van der Waals surface area contributed by atoms with Crippen molar-refractivity contribution in [2.75, 3.05) is 19.0 Å². The van der Waals surface area contributed by atoms with Crippen molar-refractivity contribution in [3.63, 3.8) is 0 Å². The van der Waals surface area contributed by atoms with Crippen LogP contribution in [0.5, 0.6) is 5.75 Å². The highest BCUT2D eigenvalue weighted by Gasteiger charge is 2.25. The summed E-state index contributed by atoms with van der Waals surface area (Å²) in [7, 11) is 1.57. The molecule has 1 saturated carbocycles. The van der Waals surface area contributed by atoms with Crippen LogP contribution in [0.3, 0.4) is 0 Å². The average molecular weight is 396 g/mol. The summed E-state index contributed by atoms with van der Waals surface area (Å²) in [6.45, 7) is -0.413. The number of anilines is 1. The molecule has 0 unspecified atom stereocenters. The minimum atomic E-state index is -0.498. The molecular formula is C22H24N2O5. The van der Waals surface area contributed by atoms with Crippen LogP contribution in [0, 0.1) is 0 Å². The Morgan fingerprint density at radius 1 is 1.03 bits per heavy atom. The molecule has 1 fully saturated rings. The van der Waals surface area contributed by atoms with E-state index in [-0.39, 0.29) is 18.4 Å². The third-order valence-corrected chi connectivity index (χ3v) is 4.51. The van der Waals surface area contributed by atoms with Gasteiger partial charge in [-0.2, -0.15) is 0 Å². The Bertz CT molecular complexity index is 892. The lowest BCUT2D eigenvalue weighted by atomic mass is 10.1. The topological polar surface area (TPSA) is 93.7 Å². The molecule has 0 spiro atoms. The van der Waals surface area contributed by atoms with Crippen LogP contribution < -0.4 is 15.4 Å². The maximum absolute atomic E-state index is 12.3. The summed E-state index contributed by atoms with van der Waals surface area (Å²) in [6, 6.07) is 14.4. The summed E-state index contributed by atoms with van der Waals surface area (Å²) < 4.78 is 10.3. The van der Waals surface area contributed by atoms with Gasteiger partial charge in [-0.15, -0.1) is 0 Å². The summed E-state index contributed by atoms with van der Waals surface area (Å²) in [6.07, 6.45) is 2.54. The Kier molecular flexibility index (Phi) is 6.84. The largest absolute Gasteiger partial charge is 0.496 e. The van der Waals surface area contributed by atoms with Crippen molar-refractivity contribution < 1.29 is 23.9 Å². The molecule has 0 heterocycles. The van der Waals surface area contributed by atoms with Gasteiger partial charge < -0.3 is 20.1 Å². The van der Waals surface area contributed by atoms with Crippen molar-refractivity contribution in [1.82, 2.24) is 5.32 Å². The number of ether oxygens (including phenoxy) is 2. The van der Waals surface area contributed by atoms with Gasteiger partial charge in [0.15, 0.2) is 6.61 Å². The second-order valence-electron chi connectivity index (χ2n) is 6.81. The van der Waals surface area contributed by atoms with Crippen LogP contribution in [0.4, 0.5) is 5.69 Å². The minimum absolute atomic E-state index is 0.133. The molecule has 2 aromatic carbocycles. The maximum Gasteiger partial charge on any atom is 0.306 e. The number of methoxy groups -OCH3 is 1. The number of carbonyl (C=O) groups is 3. The van der Waals surface area contributed by atoms with Gasteiger partial charge in [0.2, 0.25) is 0 Å². The zero-order valence-corrected chi connectivity index (χ0v) is 16.3. The second-order valence-corrected chi connectivity index (χ2v) is 6.81. The summed E-state index contributed by atoms with van der Waals surface area (Å²) in [5.74, 6) is -0.496. The normalized spacial score (nSPS) is 12.7. The van der Waals surface area contributed by atoms with Crippen LogP contribution in [0.25, 0.3) is 0 Å². The number of amides is 2. The quantitative estimate of drug-likeness (QED) is 0.636. The SMILES string of the molecule is COc1ccccc1CCC(=O)OCC(=O)Nc1ccccc1C(=O)NC1CC1. The van der Waals surface area contributed by atoms with Crippen LogP contribution in [0.2, 0.25) is 0 Å². The number of hydrogen-bond donors (Lipinski definition) is 2. The Balaban J connectivity index is 1.47. The fourth-order valence-corrected chi connectivity index (χ4v) is 2.83. The number of benzene rings is 2. The van der Waals surface area contributed by atoms with Gasteiger partial charge in [0.05, 0.1) is 18.4 Å². The van der Waals surface area contributed by atoms with Crippen LogP contribution in [0.15, 0.2) is 48.5 Å². The van der Waals surface area contributed by atoms with E-state index in [9.17, 15) is 14.4 Å². The highest BCUT2D eigenvalue weighted by molar-refractivity contribution is 6.04. The molecule has 7 nitrogen and oxygen atoms in total. The number of hydrogen-bond acceptors (Lipinski definition) is 5. The van der Waals surface area contributed by atoms with Crippen molar-refractivity contribution in [3.05, 3.63) is 59.7 Å². The van der Waals surface area contributed by atoms with Crippen molar-refractivity contribution in [2.45, 2.75) is 31.7 Å². The summed E-state index contributed by atoms with van der Waals surface area (Å²) >= 11 is 0. The van der Waals surface area contributed by atoms with E-state index in [0.29, 0.717) is 23.4 Å². The van der Waals surface area contributed by atoms with Gasteiger partial charge in [-0.25, -0.2) is 0 Å². The number of carbonyl (C=O) groups excluding carboxylic acids is 3. The van der Waals surface area contributed by atoms with Crippen molar-refractivity contribution in [3.8, 4) is 5.75 Å². The predicted octanol–water partition coefficient (Wildman–Crippen LogP) is 2.70. The lowest BCUT2D eigenvalue weighted by Gasteiger charge is -2.11. The van der Waals surface area contributed by atoms with Gasteiger partial charge in [0.25, 0.3) is 11.8 Å². The summed E-state index contributed by atoms with van der Waals surface area (Å²) in [5.41, 5.74) is 1.67. The number of esters is 1. The van der Waals surface area contributed by atoms with E-state index < -0.39 is 18.5 Å². The lowest BCUT2D eigenvalue weighted by Crippen LogP contribution is -2.28. The van der Waals surface area contributed by atoms with Gasteiger partial charge in [0.1, 0.15) is 5.75 Å². The molecule has 2 aromatic rings. The molecule has 0 bridgehead atoms. The maximum atomic E-state index is 12.3. The molecule has 29 heavy (non-hydrogen) atoms. The van der Waals surface area contributed by atoms with Gasteiger partial charge in [-0.05, 0) is 43.0 Å².